The summed E-state index contributed by atoms with van der Waals surface area (Å²) in [5.74, 6) is 4.09. The monoisotopic (exact) mass is 293 g/mol. The second-order valence-electron chi connectivity index (χ2n) is 5.95. The lowest BCUT2D eigenvalue weighted by Gasteiger charge is -2.24. The summed E-state index contributed by atoms with van der Waals surface area (Å²) in [6, 6.07) is 6.23. The summed E-state index contributed by atoms with van der Waals surface area (Å²) >= 11 is 2.01. The zero-order valence-corrected chi connectivity index (χ0v) is 12.9. The van der Waals surface area contributed by atoms with Crippen LogP contribution >= 0.6 is 11.8 Å². The Kier molecular flexibility index (Phi) is 4.13. The van der Waals surface area contributed by atoms with Gasteiger partial charge in [-0.3, -0.25) is 0 Å². The molecule has 1 aliphatic carbocycles. The summed E-state index contributed by atoms with van der Waals surface area (Å²) in [7, 11) is 1.70. The zero-order chi connectivity index (χ0) is 14.0. The van der Waals surface area contributed by atoms with Crippen LogP contribution in [0.25, 0.3) is 0 Å². The van der Waals surface area contributed by atoms with E-state index in [-0.39, 0.29) is 5.54 Å². The van der Waals surface area contributed by atoms with E-state index in [1.165, 1.54) is 17.1 Å². The predicted molar refractivity (Wildman–Crippen MR) is 83.8 cm³/mol. The maximum Gasteiger partial charge on any atom is 0.161 e. The van der Waals surface area contributed by atoms with Crippen molar-refractivity contribution in [3.63, 3.8) is 0 Å². The van der Waals surface area contributed by atoms with E-state index < -0.39 is 0 Å². The third-order valence-electron chi connectivity index (χ3n) is 4.14. The van der Waals surface area contributed by atoms with Gasteiger partial charge in [-0.1, -0.05) is 6.07 Å². The summed E-state index contributed by atoms with van der Waals surface area (Å²) in [5, 5.41) is 0. The van der Waals surface area contributed by atoms with E-state index in [1.807, 2.05) is 17.8 Å². The SMILES string of the molecule is COc1ccc(CC2(N)CC2)cc1OC1CCSCC1. The highest BCUT2D eigenvalue weighted by atomic mass is 32.2. The van der Waals surface area contributed by atoms with Crippen LogP contribution in [0.1, 0.15) is 31.2 Å². The van der Waals surface area contributed by atoms with E-state index >= 15 is 0 Å². The zero-order valence-electron chi connectivity index (χ0n) is 12.1. The Morgan fingerprint density at radius 2 is 2.00 bits per heavy atom. The second kappa shape index (κ2) is 5.86. The van der Waals surface area contributed by atoms with Gasteiger partial charge in [0.15, 0.2) is 11.5 Å². The lowest BCUT2D eigenvalue weighted by Crippen LogP contribution is -2.25. The topological polar surface area (TPSA) is 44.5 Å². The van der Waals surface area contributed by atoms with E-state index in [4.69, 9.17) is 15.2 Å². The molecule has 2 N–H and O–H groups in total. The van der Waals surface area contributed by atoms with Crippen molar-refractivity contribution >= 4 is 11.8 Å². The third-order valence-corrected chi connectivity index (χ3v) is 5.19. The Hall–Kier alpha value is -0.870. The van der Waals surface area contributed by atoms with Gasteiger partial charge in [0.1, 0.15) is 6.10 Å². The highest BCUT2D eigenvalue weighted by Gasteiger charge is 2.38. The molecule has 1 heterocycles. The molecule has 2 fully saturated rings. The molecule has 110 valence electrons. The highest BCUT2D eigenvalue weighted by molar-refractivity contribution is 7.99. The van der Waals surface area contributed by atoms with E-state index in [0.717, 1.165) is 43.6 Å². The Morgan fingerprint density at radius 3 is 2.65 bits per heavy atom. The molecule has 0 spiro atoms. The van der Waals surface area contributed by atoms with Crippen LogP contribution in [0.4, 0.5) is 0 Å². The molecule has 20 heavy (non-hydrogen) atoms. The first kappa shape index (κ1) is 14.1. The number of ether oxygens (including phenoxy) is 2. The van der Waals surface area contributed by atoms with Crippen molar-refractivity contribution in [2.45, 2.75) is 43.7 Å². The van der Waals surface area contributed by atoms with Crippen LogP contribution in [-0.4, -0.2) is 30.3 Å². The molecule has 0 atom stereocenters. The number of hydrogen-bond acceptors (Lipinski definition) is 4. The minimum Gasteiger partial charge on any atom is -0.493 e. The van der Waals surface area contributed by atoms with E-state index in [0.29, 0.717) is 6.10 Å². The van der Waals surface area contributed by atoms with Gasteiger partial charge in [-0.15, -0.1) is 0 Å². The number of methoxy groups -OCH3 is 1. The first-order chi connectivity index (χ1) is 9.68. The summed E-state index contributed by atoms with van der Waals surface area (Å²) < 4.78 is 11.6. The van der Waals surface area contributed by atoms with Gasteiger partial charge in [-0.05, 0) is 61.3 Å². The fourth-order valence-electron chi connectivity index (χ4n) is 2.64. The summed E-state index contributed by atoms with van der Waals surface area (Å²) in [4.78, 5) is 0. The van der Waals surface area contributed by atoms with Crippen molar-refractivity contribution in [2.75, 3.05) is 18.6 Å². The van der Waals surface area contributed by atoms with Crippen molar-refractivity contribution in [2.24, 2.45) is 5.73 Å². The number of nitrogens with two attached hydrogens (primary N) is 1. The molecular formula is C16H23NO2S. The molecule has 0 amide bonds. The van der Waals surface area contributed by atoms with Gasteiger partial charge in [-0.2, -0.15) is 11.8 Å². The van der Waals surface area contributed by atoms with Gasteiger partial charge in [0.2, 0.25) is 0 Å². The van der Waals surface area contributed by atoms with Crippen molar-refractivity contribution in [3.05, 3.63) is 23.8 Å². The first-order valence-corrected chi connectivity index (χ1v) is 8.54. The van der Waals surface area contributed by atoms with E-state index in [2.05, 4.69) is 12.1 Å². The van der Waals surface area contributed by atoms with Crippen LogP contribution in [0.3, 0.4) is 0 Å². The van der Waals surface area contributed by atoms with Crippen molar-refractivity contribution in [1.82, 2.24) is 0 Å². The fraction of sp³-hybridized carbons (Fsp3) is 0.625. The molecule has 0 aromatic heterocycles. The maximum absolute atomic E-state index is 6.21. The average Bonchev–Trinajstić information content (AvgIpc) is 3.18. The Morgan fingerprint density at radius 1 is 1.25 bits per heavy atom. The van der Waals surface area contributed by atoms with Crippen LogP contribution in [-0.2, 0) is 6.42 Å². The molecule has 1 aromatic rings. The third kappa shape index (κ3) is 3.41. The predicted octanol–water partition coefficient (Wildman–Crippen LogP) is 3.00. The lowest BCUT2D eigenvalue weighted by atomic mass is 10.0. The van der Waals surface area contributed by atoms with Crippen LogP contribution in [0.5, 0.6) is 11.5 Å². The number of benzene rings is 1. The summed E-state index contributed by atoms with van der Waals surface area (Å²) in [6.07, 6.45) is 5.78. The molecule has 1 aliphatic heterocycles. The number of thioether (sulfide) groups is 1. The van der Waals surface area contributed by atoms with Gasteiger partial charge < -0.3 is 15.2 Å². The standard InChI is InChI=1S/C16H23NO2S/c1-18-14-3-2-12(11-16(17)6-7-16)10-15(14)19-13-4-8-20-9-5-13/h2-3,10,13H,4-9,11,17H2,1H3. The smallest absolute Gasteiger partial charge is 0.161 e. The lowest BCUT2D eigenvalue weighted by molar-refractivity contribution is 0.184. The molecular weight excluding hydrogens is 270 g/mol. The van der Waals surface area contributed by atoms with Crippen molar-refractivity contribution < 1.29 is 9.47 Å². The van der Waals surface area contributed by atoms with Gasteiger partial charge in [0, 0.05) is 5.54 Å². The van der Waals surface area contributed by atoms with E-state index in [9.17, 15) is 0 Å². The Balaban J connectivity index is 1.73. The van der Waals surface area contributed by atoms with Crippen LogP contribution in [0.2, 0.25) is 0 Å². The van der Waals surface area contributed by atoms with Crippen LogP contribution in [0.15, 0.2) is 18.2 Å². The van der Waals surface area contributed by atoms with E-state index in [1.54, 1.807) is 7.11 Å². The van der Waals surface area contributed by atoms with Gasteiger partial charge in [0.25, 0.3) is 0 Å². The minimum absolute atomic E-state index is 0.0351. The van der Waals surface area contributed by atoms with Crippen molar-refractivity contribution in [1.29, 1.82) is 0 Å². The maximum atomic E-state index is 6.21. The molecule has 0 bridgehead atoms. The largest absolute Gasteiger partial charge is 0.493 e. The summed E-state index contributed by atoms with van der Waals surface area (Å²) in [5.41, 5.74) is 7.50. The van der Waals surface area contributed by atoms with Crippen LogP contribution < -0.4 is 15.2 Å². The first-order valence-electron chi connectivity index (χ1n) is 7.39. The molecule has 3 rings (SSSR count). The molecule has 4 heteroatoms. The Labute approximate surface area is 125 Å². The van der Waals surface area contributed by atoms with Crippen LogP contribution in [0, 0.1) is 0 Å². The Bertz CT molecular complexity index is 468. The normalized spacial score (nSPS) is 21.5. The molecule has 1 aromatic carbocycles. The molecule has 3 nitrogen and oxygen atoms in total. The van der Waals surface area contributed by atoms with Gasteiger partial charge in [-0.25, -0.2) is 0 Å². The summed E-state index contributed by atoms with van der Waals surface area (Å²) in [6.45, 7) is 0. The molecule has 1 saturated carbocycles. The van der Waals surface area contributed by atoms with Crippen molar-refractivity contribution in [3.8, 4) is 11.5 Å². The van der Waals surface area contributed by atoms with Gasteiger partial charge >= 0.3 is 0 Å². The molecule has 2 aliphatic rings. The quantitative estimate of drug-likeness (QED) is 0.906. The second-order valence-corrected chi connectivity index (χ2v) is 7.18. The average molecular weight is 293 g/mol. The molecule has 0 radical (unpaired) electrons. The molecule has 1 saturated heterocycles. The fourth-order valence-corrected chi connectivity index (χ4v) is 3.70. The van der Waals surface area contributed by atoms with Gasteiger partial charge in [0.05, 0.1) is 7.11 Å². The number of hydrogen-bond donors (Lipinski definition) is 1. The number of rotatable bonds is 5. The highest BCUT2D eigenvalue weighted by Crippen LogP contribution is 2.38. The molecule has 0 unspecified atom stereocenters. The minimum atomic E-state index is 0.0351.